The van der Waals surface area contributed by atoms with E-state index in [2.05, 4.69) is 5.10 Å². The lowest BCUT2D eigenvalue weighted by molar-refractivity contribution is -0.384. The lowest BCUT2D eigenvalue weighted by Crippen LogP contribution is -2.07. The Hall–Kier alpha value is -1.98. The van der Waals surface area contributed by atoms with E-state index in [1.165, 1.54) is 17.1 Å². The third-order valence-electron chi connectivity index (χ3n) is 2.68. The van der Waals surface area contributed by atoms with Crippen molar-refractivity contribution in [1.82, 2.24) is 9.78 Å². The molecule has 1 heterocycles. The number of rotatable bonds is 3. The van der Waals surface area contributed by atoms with Crippen LogP contribution in [0.5, 0.6) is 0 Å². The van der Waals surface area contributed by atoms with Crippen molar-refractivity contribution in [3.63, 3.8) is 0 Å². The summed E-state index contributed by atoms with van der Waals surface area (Å²) in [6, 6.07) is 0. The topological polar surface area (TPSA) is 78.0 Å². The van der Waals surface area contributed by atoms with Crippen LogP contribution in [0.1, 0.15) is 25.7 Å². The second-order valence-electron chi connectivity index (χ2n) is 3.70. The lowest BCUT2D eigenvalue weighted by atomic mass is 9.97. The molecule has 6 heteroatoms. The summed E-state index contributed by atoms with van der Waals surface area (Å²) in [7, 11) is 0. The predicted molar refractivity (Wildman–Crippen MR) is 56.6 cm³/mol. The van der Waals surface area contributed by atoms with Crippen LogP contribution in [0.4, 0.5) is 5.69 Å². The molecular formula is C10H11N3O3. The Balaban J connectivity index is 2.38. The van der Waals surface area contributed by atoms with Crippen LogP contribution in [0.3, 0.4) is 0 Å². The first-order valence-electron chi connectivity index (χ1n) is 5.09. The number of allylic oxidation sites excluding steroid dienone is 2. The average Bonchev–Trinajstić information content (AvgIpc) is 2.78. The second kappa shape index (κ2) is 4.26. The maximum atomic E-state index is 10.9. The van der Waals surface area contributed by atoms with E-state index in [-0.39, 0.29) is 5.69 Å². The van der Waals surface area contributed by atoms with Crippen LogP contribution in [0.25, 0.3) is 5.70 Å². The molecule has 0 spiro atoms. The lowest BCUT2D eigenvalue weighted by Gasteiger charge is -2.15. The summed E-state index contributed by atoms with van der Waals surface area (Å²) in [5.41, 5.74) is 1.43. The zero-order valence-corrected chi connectivity index (χ0v) is 8.63. The Morgan fingerprint density at radius 2 is 2.19 bits per heavy atom. The van der Waals surface area contributed by atoms with Crippen molar-refractivity contribution in [3.05, 3.63) is 28.1 Å². The van der Waals surface area contributed by atoms with Crippen LogP contribution < -0.4 is 0 Å². The second-order valence-corrected chi connectivity index (χ2v) is 3.70. The van der Waals surface area contributed by atoms with E-state index in [0.717, 1.165) is 37.7 Å². The Labute approximate surface area is 91.7 Å². The van der Waals surface area contributed by atoms with E-state index < -0.39 is 4.92 Å². The van der Waals surface area contributed by atoms with Gasteiger partial charge in [0.05, 0.1) is 4.92 Å². The van der Waals surface area contributed by atoms with Crippen LogP contribution in [-0.2, 0) is 4.79 Å². The van der Waals surface area contributed by atoms with Crippen molar-refractivity contribution >= 4 is 17.7 Å². The van der Waals surface area contributed by atoms with Gasteiger partial charge in [-0.1, -0.05) is 0 Å². The Bertz CT molecular complexity index is 462. The maximum Gasteiger partial charge on any atom is 0.307 e. The molecule has 0 atom stereocenters. The van der Waals surface area contributed by atoms with E-state index in [0.29, 0.717) is 5.57 Å². The maximum absolute atomic E-state index is 10.9. The smallest absolute Gasteiger partial charge is 0.298 e. The van der Waals surface area contributed by atoms with Gasteiger partial charge in [0.15, 0.2) is 0 Å². The van der Waals surface area contributed by atoms with Crippen molar-refractivity contribution in [2.45, 2.75) is 25.7 Å². The van der Waals surface area contributed by atoms with Gasteiger partial charge in [0.1, 0.15) is 18.7 Å². The van der Waals surface area contributed by atoms with E-state index >= 15 is 0 Å². The highest BCUT2D eigenvalue weighted by Gasteiger charge is 2.17. The molecule has 0 aromatic carbocycles. The number of aromatic nitrogens is 2. The molecule has 1 aliphatic rings. The summed E-state index contributed by atoms with van der Waals surface area (Å²) in [4.78, 5) is 20.9. The van der Waals surface area contributed by atoms with Gasteiger partial charge in [0.2, 0.25) is 0 Å². The third-order valence-corrected chi connectivity index (χ3v) is 2.68. The molecule has 84 valence electrons. The minimum atomic E-state index is -0.493. The SMILES string of the molecule is O=CC1=C(n2cc([N+](=O)[O-])cn2)CCCC1. The van der Waals surface area contributed by atoms with Crippen molar-refractivity contribution in [2.24, 2.45) is 0 Å². The average molecular weight is 221 g/mol. The Kier molecular flexibility index (Phi) is 2.80. The minimum absolute atomic E-state index is 0.0525. The van der Waals surface area contributed by atoms with Crippen molar-refractivity contribution in [3.8, 4) is 0 Å². The summed E-state index contributed by atoms with van der Waals surface area (Å²) >= 11 is 0. The number of hydrogen-bond donors (Lipinski definition) is 0. The molecule has 0 bridgehead atoms. The molecule has 16 heavy (non-hydrogen) atoms. The summed E-state index contributed by atoms with van der Waals surface area (Å²) in [6.45, 7) is 0. The number of nitro groups is 1. The fraction of sp³-hybridized carbons (Fsp3) is 0.400. The molecule has 0 amide bonds. The first-order valence-corrected chi connectivity index (χ1v) is 5.09. The summed E-state index contributed by atoms with van der Waals surface area (Å²) in [5.74, 6) is 0. The van der Waals surface area contributed by atoms with Gasteiger partial charge >= 0.3 is 5.69 Å². The van der Waals surface area contributed by atoms with Gasteiger partial charge in [-0.25, -0.2) is 4.68 Å². The van der Waals surface area contributed by atoms with Gasteiger partial charge in [0.25, 0.3) is 0 Å². The van der Waals surface area contributed by atoms with Gasteiger partial charge in [-0.05, 0) is 25.7 Å². The van der Waals surface area contributed by atoms with E-state index in [9.17, 15) is 14.9 Å². The zero-order chi connectivity index (χ0) is 11.5. The van der Waals surface area contributed by atoms with Gasteiger partial charge < -0.3 is 0 Å². The van der Waals surface area contributed by atoms with E-state index in [1.54, 1.807) is 0 Å². The monoisotopic (exact) mass is 221 g/mol. The predicted octanol–water partition coefficient (Wildman–Crippen LogP) is 1.78. The van der Waals surface area contributed by atoms with E-state index in [4.69, 9.17) is 0 Å². The van der Waals surface area contributed by atoms with E-state index in [1.807, 2.05) is 0 Å². The summed E-state index contributed by atoms with van der Waals surface area (Å²) in [5, 5.41) is 14.4. The Morgan fingerprint density at radius 1 is 1.44 bits per heavy atom. The largest absolute Gasteiger partial charge is 0.307 e. The Morgan fingerprint density at radius 3 is 2.81 bits per heavy atom. The minimum Gasteiger partial charge on any atom is -0.298 e. The fourth-order valence-corrected chi connectivity index (χ4v) is 1.86. The molecule has 0 aliphatic heterocycles. The number of aldehydes is 1. The van der Waals surface area contributed by atoms with Crippen LogP contribution in [0.15, 0.2) is 18.0 Å². The summed E-state index contributed by atoms with van der Waals surface area (Å²) in [6.07, 6.45) is 6.82. The molecule has 0 unspecified atom stereocenters. The zero-order valence-electron chi connectivity index (χ0n) is 8.63. The third kappa shape index (κ3) is 1.86. The highest BCUT2D eigenvalue weighted by molar-refractivity contribution is 5.83. The molecule has 0 radical (unpaired) electrons. The molecule has 0 saturated heterocycles. The quantitative estimate of drug-likeness (QED) is 0.442. The van der Waals surface area contributed by atoms with Crippen LogP contribution in [0.2, 0.25) is 0 Å². The number of hydrogen-bond acceptors (Lipinski definition) is 4. The van der Waals surface area contributed by atoms with Crippen LogP contribution in [-0.4, -0.2) is 21.0 Å². The van der Waals surface area contributed by atoms with Gasteiger partial charge in [-0.15, -0.1) is 0 Å². The molecule has 0 N–H and O–H groups in total. The number of nitrogens with zero attached hydrogens (tertiary/aromatic N) is 3. The van der Waals surface area contributed by atoms with Gasteiger partial charge in [-0.3, -0.25) is 14.9 Å². The first kappa shape index (κ1) is 10.5. The van der Waals surface area contributed by atoms with Crippen LogP contribution in [0, 0.1) is 10.1 Å². The molecule has 1 aromatic rings. The van der Waals surface area contributed by atoms with Gasteiger partial charge in [-0.2, -0.15) is 5.10 Å². The number of carbonyl (C=O) groups excluding carboxylic acids is 1. The molecule has 6 nitrogen and oxygen atoms in total. The number of carbonyl (C=O) groups is 1. The van der Waals surface area contributed by atoms with Gasteiger partial charge in [0, 0.05) is 11.3 Å². The molecule has 1 aromatic heterocycles. The normalized spacial score (nSPS) is 16.2. The van der Waals surface area contributed by atoms with Crippen molar-refractivity contribution in [1.29, 1.82) is 0 Å². The highest BCUT2D eigenvalue weighted by atomic mass is 16.6. The molecule has 0 fully saturated rings. The van der Waals surface area contributed by atoms with Crippen molar-refractivity contribution in [2.75, 3.05) is 0 Å². The molecule has 0 saturated carbocycles. The van der Waals surface area contributed by atoms with Crippen molar-refractivity contribution < 1.29 is 9.72 Å². The fourth-order valence-electron chi connectivity index (χ4n) is 1.86. The molecular weight excluding hydrogens is 210 g/mol. The van der Waals surface area contributed by atoms with Crippen LogP contribution >= 0.6 is 0 Å². The highest BCUT2D eigenvalue weighted by Crippen LogP contribution is 2.27. The molecule has 1 aliphatic carbocycles. The summed E-state index contributed by atoms with van der Waals surface area (Å²) < 4.78 is 1.45. The standard InChI is InChI=1S/C10H11N3O3/c14-7-8-3-1-2-4-10(8)12-6-9(5-11-12)13(15)16/h5-7H,1-4H2. The molecule has 2 rings (SSSR count). The first-order chi connectivity index (χ1) is 7.72.